The van der Waals surface area contributed by atoms with Crippen molar-refractivity contribution >= 4 is 57.8 Å². The topological polar surface area (TPSA) is 58.6 Å². The van der Waals surface area contributed by atoms with Gasteiger partial charge >= 0.3 is 0 Å². The second-order valence-electron chi connectivity index (χ2n) is 6.34. The monoisotopic (exact) mass is 446 g/mol. The molecule has 0 bridgehead atoms. The predicted molar refractivity (Wildman–Crippen MR) is 121 cm³/mol. The van der Waals surface area contributed by atoms with Gasteiger partial charge in [0.05, 0.1) is 11.0 Å². The zero-order valence-corrected chi connectivity index (χ0v) is 18.2. The number of nitrogens with zero attached hydrogens (tertiary/aromatic N) is 1. The number of amides is 2. The molecule has 0 radical (unpaired) electrons. The van der Waals surface area contributed by atoms with Crippen LogP contribution in [0.5, 0.6) is 5.75 Å². The highest BCUT2D eigenvalue weighted by Crippen LogP contribution is 2.33. The lowest BCUT2D eigenvalue weighted by Crippen LogP contribution is -2.44. The third-order valence-corrected chi connectivity index (χ3v) is 5.78. The molecular formula is C21H19ClN2O3S2. The molecule has 1 heterocycles. The summed E-state index contributed by atoms with van der Waals surface area (Å²) in [7, 11) is 0. The summed E-state index contributed by atoms with van der Waals surface area (Å²) >= 11 is 12.3. The maximum Gasteiger partial charge on any atom is 0.285 e. The van der Waals surface area contributed by atoms with Crippen molar-refractivity contribution in [3.8, 4) is 5.75 Å². The van der Waals surface area contributed by atoms with E-state index in [1.54, 1.807) is 30.3 Å². The highest BCUT2D eigenvalue weighted by atomic mass is 35.5. The van der Waals surface area contributed by atoms with Crippen LogP contribution in [-0.4, -0.2) is 27.2 Å². The van der Waals surface area contributed by atoms with Crippen LogP contribution in [0.1, 0.15) is 36.2 Å². The van der Waals surface area contributed by atoms with Gasteiger partial charge in [0.1, 0.15) is 5.75 Å². The lowest BCUT2D eigenvalue weighted by atomic mass is 10.1. The van der Waals surface area contributed by atoms with E-state index >= 15 is 0 Å². The number of carbonyl (C=O) groups excluding carboxylic acids is 2. The minimum absolute atomic E-state index is 0.0534. The van der Waals surface area contributed by atoms with Gasteiger partial charge in [-0.25, -0.2) is 0 Å². The summed E-state index contributed by atoms with van der Waals surface area (Å²) in [4.78, 5) is 25.6. The van der Waals surface area contributed by atoms with Gasteiger partial charge in [0, 0.05) is 16.1 Å². The van der Waals surface area contributed by atoms with E-state index in [1.165, 1.54) is 0 Å². The number of nitrogens with one attached hydrogen (secondary N) is 1. The van der Waals surface area contributed by atoms with Crippen molar-refractivity contribution in [3.05, 3.63) is 69.6 Å². The van der Waals surface area contributed by atoms with Crippen LogP contribution in [0.2, 0.25) is 5.02 Å². The van der Waals surface area contributed by atoms with E-state index in [4.69, 9.17) is 28.6 Å². The summed E-state index contributed by atoms with van der Waals surface area (Å²) in [5.41, 5.74) is 3.70. The van der Waals surface area contributed by atoms with Crippen molar-refractivity contribution in [3.63, 3.8) is 0 Å². The first kappa shape index (κ1) is 21.4. The van der Waals surface area contributed by atoms with Crippen LogP contribution in [0.3, 0.4) is 0 Å². The minimum atomic E-state index is -0.445. The molecule has 2 aromatic carbocycles. The van der Waals surface area contributed by atoms with Gasteiger partial charge in [0.25, 0.3) is 11.8 Å². The molecule has 8 heteroatoms. The maximum atomic E-state index is 12.8. The third kappa shape index (κ3) is 5.18. The Kier molecular flexibility index (Phi) is 6.95. The van der Waals surface area contributed by atoms with Crippen LogP contribution in [0, 0.1) is 0 Å². The summed E-state index contributed by atoms with van der Waals surface area (Å²) in [6.07, 6.45) is 2.65. The zero-order valence-electron chi connectivity index (χ0n) is 15.8. The summed E-state index contributed by atoms with van der Waals surface area (Å²) < 4.78 is 6.19. The fraction of sp³-hybridized carbons (Fsp3) is 0.190. The van der Waals surface area contributed by atoms with Crippen molar-refractivity contribution in [2.75, 3.05) is 0 Å². The average molecular weight is 447 g/mol. The summed E-state index contributed by atoms with van der Waals surface area (Å²) in [5.74, 6) is -0.141. The van der Waals surface area contributed by atoms with Crippen molar-refractivity contribution in [2.24, 2.45) is 0 Å². The number of thioether (sulfide) groups is 1. The highest BCUT2D eigenvalue weighted by Gasteiger charge is 2.34. The number of para-hydroxylation sites is 1. The van der Waals surface area contributed by atoms with Gasteiger partial charge in [0.15, 0.2) is 4.32 Å². The van der Waals surface area contributed by atoms with E-state index in [-0.39, 0.29) is 16.3 Å². The first-order valence-corrected chi connectivity index (χ1v) is 10.6. The summed E-state index contributed by atoms with van der Waals surface area (Å²) in [5, 5.41) is 1.61. The van der Waals surface area contributed by atoms with E-state index in [0.29, 0.717) is 21.2 Å². The molecule has 150 valence electrons. The summed E-state index contributed by atoms with van der Waals surface area (Å²) in [6, 6.07) is 13.9. The molecule has 1 aliphatic heterocycles. The fourth-order valence-corrected chi connectivity index (χ4v) is 3.78. The van der Waals surface area contributed by atoms with Crippen molar-refractivity contribution < 1.29 is 14.3 Å². The second-order valence-corrected chi connectivity index (χ2v) is 8.45. The Labute approximate surface area is 184 Å². The van der Waals surface area contributed by atoms with Crippen LogP contribution in [0.15, 0.2) is 53.4 Å². The predicted octanol–water partition coefficient (Wildman–Crippen LogP) is 5.06. The first-order valence-electron chi connectivity index (χ1n) is 8.99. The Bertz CT molecular complexity index is 976. The van der Waals surface area contributed by atoms with E-state index in [9.17, 15) is 9.59 Å². The number of rotatable bonds is 6. The van der Waals surface area contributed by atoms with Crippen molar-refractivity contribution in [2.45, 2.75) is 26.4 Å². The molecule has 29 heavy (non-hydrogen) atoms. The van der Waals surface area contributed by atoms with E-state index in [0.717, 1.165) is 28.8 Å². The average Bonchev–Trinajstić information content (AvgIpc) is 2.97. The van der Waals surface area contributed by atoms with Crippen molar-refractivity contribution in [1.82, 2.24) is 10.4 Å². The number of hydrogen-bond donors (Lipinski definition) is 1. The first-order chi connectivity index (χ1) is 13.9. The second kappa shape index (κ2) is 9.43. The van der Waals surface area contributed by atoms with Gasteiger partial charge in [-0.3, -0.25) is 15.0 Å². The Balaban J connectivity index is 1.78. The van der Waals surface area contributed by atoms with Crippen LogP contribution < -0.4 is 10.2 Å². The van der Waals surface area contributed by atoms with E-state index in [1.807, 2.05) is 38.1 Å². The molecule has 3 rings (SSSR count). The molecule has 0 unspecified atom stereocenters. The maximum absolute atomic E-state index is 12.8. The standard InChI is InChI=1S/C21H19ClN2O3S2/c1-3-13(2)27-17-7-5-4-6-15(17)12-18-20(26)24(21(28)29-18)23-19(25)14-8-10-16(22)11-9-14/h4-13H,3H2,1-2H3,(H,23,25)/b18-12+/t13-/m1/s1. The molecule has 0 aliphatic carbocycles. The molecule has 1 saturated heterocycles. The highest BCUT2D eigenvalue weighted by molar-refractivity contribution is 8.26. The van der Waals surface area contributed by atoms with E-state index < -0.39 is 5.91 Å². The third-order valence-electron chi connectivity index (χ3n) is 4.22. The van der Waals surface area contributed by atoms with Gasteiger partial charge in [-0.1, -0.05) is 48.5 Å². The molecule has 1 aliphatic rings. The Morgan fingerprint density at radius 3 is 2.66 bits per heavy atom. The molecule has 1 fully saturated rings. The van der Waals surface area contributed by atoms with Crippen LogP contribution >= 0.6 is 35.6 Å². The van der Waals surface area contributed by atoms with Gasteiger partial charge < -0.3 is 4.74 Å². The molecule has 0 saturated carbocycles. The van der Waals surface area contributed by atoms with Crippen LogP contribution in [-0.2, 0) is 4.79 Å². The quantitative estimate of drug-likeness (QED) is 0.496. The normalized spacial score (nSPS) is 16.2. The molecule has 5 nitrogen and oxygen atoms in total. The molecule has 2 amide bonds. The van der Waals surface area contributed by atoms with Gasteiger partial charge in [-0.2, -0.15) is 5.01 Å². The number of carbonyl (C=O) groups is 2. The largest absolute Gasteiger partial charge is 0.490 e. The Morgan fingerprint density at radius 1 is 1.28 bits per heavy atom. The number of hydrogen-bond acceptors (Lipinski definition) is 5. The minimum Gasteiger partial charge on any atom is -0.490 e. The SMILES string of the molecule is CC[C@@H](C)Oc1ccccc1/C=C1/SC(=S)N(NC(=O)c2ccc(Cl)cc2)C1=O. The number of ether oxygens (including phenoxy) is 1. The number of thiocarbonyl (C=S) groups is 1. The molecule has 1 N–H and O–H groups in total. The summed E-state index contributed by atoms with van der Waals surface area (Å²) in [6.45, 7) is 4.03. The number of benzene rings is 2. The fourth-order valence-electron chi connectivity index (χ4n) is 2.48. The van der Waals surface area contributed by atoms with Crippen LogP contribution in [0.4, 0.5) is 0 Å². The molecule has 0 aromatic heterocycles. The van der Waals surface area contributed by atoms with Crippen LogP contribution in [0.25, 0.3) is 6.08 Å². The lowest BCUT2D eigenvalue weighted by molar-refractivity contribution is -0.123. The molecule has 1 atom stereocenters. The molecule has 2 aromatic rings. The molecular weight excluding hydrogens is 428 g/mol. The van der Waals surface area contributed by atoms with Gasteiger partial charge in [-0.05, 0) is 62.0 Å². The van der Waals surface area contributed by atoms with E-state index in [2.05, 4.69) is 5.43 Å². The van der Waals surface area contributed by atoms with Crippen molar-refractivity contribution in [1.29, 1.82) is 0 Å². The van der Waals surface area contributed by atoms with Gasteiger partial charge in [0.2, 0.25) is 0 Å². The molecule has 0 spiro atoms. The number of hydrazine groups is 1. The zero-order chi connectivity index (χ0) is 21.0. The Hall–Kier alpha value is -2.35. The lowest BCUT2D eigenvalue weighted by Gasteiger charge is -2.16. The number of halogens is 1. The Morgan fingerprint density at radius 2 is 1.97 bits per heavy atom. The van der Waals surface area contributed by atoms with Gasteiger partial charge in [-0.15, -0.1) is 0 Å². The smallest absolute Gasteiger partial charge is 0.285 e.